The van der Waals surface area contributed by atoms with Crippen molar-refractivity contribution in [3.8, 4) is 0 Å². The Balaban J connectivity index is 0.00000150. The summed E-state index contributed by atoms with van der Waals surface area (Å²) in [7, 11) is 0. The smallest absolute Gasteiger partial charge is 0.220 e. The van der Waals surface area contributed by atoms with Gasteiger partial charge in [-0.3, -0.25) is 4.90 Å². The van der Waals surface area contributed by atoms with E-state index in [1.165, 1.54) is 11.1 Å². The Bertz CT molecular complexity index is 837. The minimum atomic E-state index is 0. The van der Waals surface area contributed by atoms with Crippen LogP contribution in [0.1, 0.15) is 48.2 Å². The Kier molecular flexibility index (Phi) is 8.16. The third-order valence-corrected chi connectivity index (χ3v) is 6.81. The van der Waals surface area contributed by atoms with Crippen LogP contribution in [0, 0.1) is 6.92 Å². The van der Waals surface area contributed by atoms with E-state index in [9.17, 15) is 0 Å². The third-order valence-electron chi connectivity index (χ3n) is 6.57. The molecule has 8 heteroatoms. The molecule has 5 nitrogen and oxygen atoms in total. The van der Waals surface area contributed by atoms with Crippen LogP contribution < -0.4 is 11.5 Å². The molecule has 0 bridgehead atoms. The molecular formula is C21H30Cl3N5. The summed E-state index contributed by atoms with van der Waals surface area (Å²) in [6.45, 7) is 4.69. The van der Waals surface area contributed by atoms with E-state index in [0.29, 0.717) is 18.5 Å². The lowest BCUT2D eigenvalue weighted by Gasteiger charge is -2.44. The molecule has 2 aliphatic rings. The predicted octanol–water partition coefficient (Wildman–Crippen LogP) is 4.06. The molecule has 1 aliphatic carbocycles. The predicted molar refractivity (Wildman–Crippen MR) is 124 cm³/mol. The molecular weight excluding hydrogens is 429 g/mol. The molecule has 2 aromatic rings. The fourth-order valence-electron chi connectivity index (χ4n) is 4.88. The van der Waals surface area contributed by atoms with Crippen molar-refractivity contribution >= 4 is 42.4 Å². The topological polar surface area (TPSA) is 81.1 Å². The van der Waals surface area contributed by atoms with Gasteiger partial charge in [0.2, 0.25) is 5.95 Å². The molecule has 1 aromatic heterocycles. The van der Waals surface area contributed by atoms with E-state index >= 15 is 0 Å². The van der Waals surface area contributed by atoms with Gasteiger partial charge in [0, 0.05) is 53.8 Å². The van der Waals surface area contributed by atoms with E-state index in [2.05, 4.69) is 27.0 Å². The lowest BCUT2D eigenvalue weighted by atomic mass is 9.68. The molecule has 1 saturated carbocycles. The van der Waals surface area contributed by atoms with Gasteiger partial charge < -0.3 is 11.5 Å². The minimum absolute atomic E-state index is 0. The van der Waals surface area contributed by atoms with Gasteiger partial charge in [-0.05, 0) is 50.3 Å². The molecule has 0 unspecified atom stereocenters. The maximum Gasteiger partial charge on any atom is 0.220 e. The van der Waals surface area contributed by atoms with Gasteiger partial charge in [0.05, 0.1) is 5.69 Å². The van der Waals surface area contributed by atoms with Crippen LogP contribution in [0.25, 0.3) is 0 Å². The van der Waals surface area contributed by atoms with Crippen LogP contribution in [0.5, 0.6) is 0 Å². The number of halogens is 3. The Morgan fingerprint density at radius 2 is 1.93 bits per heavy atom. The van der Waals surface area contributed by atoms with Crippen LogP contribution in [-0.4, -0.2) is 34.0 Å². The second kappa shape index (κ2) is 9.80. The maximum atomic E-state index is 6.26. The lowest BCUT2D eigenvalue weighted by molar-refractivity contribution is 0.112. The van der Waals surface area contributed by atoms with Crippen molar-refractivity contribution in [2.75, 3.05) is 18.8 Å². The molecule has 1 fully saturated rings. The first-order chi connectivity index (χ1) is 13.0. The third kappa shape index (κ3) is 4.80. The molecule has 29 heavy (non-hydrogen) atoms. The molecule has 2 heterocycles. The van der Waals surface area contributed by atoms with Crippen molar-refractivity contribution < 1.29 is 0 Å². The fourth-order valence-corrected chi connectivity index (χ4v) is 5.07. The summed E-state index contributed by atoms with van der Waals surface area (Å²) in [5, 5.41) is 0.796. The van der Waals surface area contributed by atoms with E-state index < -0.39 is 0 Å². The highest BCUT2D eigenvalue weighted by atomic mass is 35.5. The SMILES string of the molecule is Cc1nc(N)nc2c1CN([C@H]1CC[C@](CN)(c3cccc(Cl)c3)CC1)CC2.Cl.Cl. The zero-order valence-electron chi connectivity index (χ0n) is 16.7. The van der Waals surface area contributed by atoms with Gasteiger partial charge >= 0.3 is 0 Å². The Hall–Kier alpha value is -1.11. The second-order valence-electron chi connectivity index (χ2n) is 8.04. The van der Waals surface area contributed by atoms with E-state index in [0.717, 1.165) is 61.6 Å². The van der Waals surface area contributed by atoms with Crippen molar-refractivity contribution in [3.63, 3.8) is 0 Å². The van der Waals surface area contributed by atoms with E-state index in [1.807, 2.05) is 19.1 Å². The van der Waals surface area contributed by atoms with Crippen molar-refractivity contribution in [3.05, 3.63) is 51.8 Å². The van der Waals surface area contributed by atoms with Crippen LogP contribution in [-0.2, 0) is 18.4 Å². The first kappa shape index (κ1) is 24.2. The number of hydrogen-bond donors (Lipinski definition) is 2. The summed E-state index contributed by atoms with van der Waals surface area (Å²) in [5.41, 5.74) is 16.8. The molecule has 0 atom stereocenters. The Labute approximate surface area is 190 Å². The molecule has 1 aromatic carbocycles. The van der Waals surface area contributed by atoms with Crippen LogP contribution in [0.3, 0.4) is 0 Å². The molecule has 0 saturated heterocycles. The molecule has 0 amide bonds. The van der Waals surface area contributed by atoms with E-state index in [-0.39, 0.29) is 30.2 Å². The number of hydrogen-bond acceptors (Lipinski definition) is 5. The quantitative estimate of drug-likeness (QED) is 0.725. The summed E-state index contributed by atoms with van der Waals surface area (Å²) >= 11 is 6.24. The van der Waals surface area contributed by atoms with Gasteiger partial charge in [-0.1, -0.05) is 23.7 Å². The summed E-state index contributed by atoms with van der Waals surface area (Å²) in [6, 6.07) is 8.84. The number of benzene rings is 1. The lowest BCUT2D eigenvalue weighted by Crippen LogP contribution is -2.47. The maximum absolute atomic E-state index is 6.26. The largest absolute Gasteiger partial charge is 0.368 e. The highest BCUT2D eigenvalue weighted by Gasteiger charge is 2.38. The van der Waals surface area contributed by atoms with Crippen molar-refractivity contribution in [1.29, 1.82) is 0 Å². The molecule has 1 aliphatic heterocycles. The number of anilines is 1. The van der Waals surface area contributed by atoms with Gasteiger partial charge in [-0.2, -0.15) is 0 Å². The number of aromatic nitrogens is 2. The monoisotopic (exact) mass is 457 g/mol. The van der Waals surface area contributed by atoms with Crippen LogP contribution in [0.4, 0.5) is 5.95 Å². The average Bonchev–Trinajstić information content (AvgIpc) is 2.68. The summed E-state index contributed by atoms with van der Waals surface area (Å²) < 4.78 is 0. The summed E-state index contributed by atoms with van der Waals surface area (Å²) in [4.78, 5) is 11.4. The van der Waals surface area contributed by atoms with Crippen molar-refractivity contribution in [2.45, 2.75) is 57.0 Å². The van der Waals surface area contributed by atoms with Gasteiger partial charge in [0.1, 0.15) is 0 Å². The zero-order valence-corrected chi connectivity index (χ0v) is 19.1. The average molecular weight is 459 g/mol. The first-order valence-electron chi connectivity index (χ1n) is 9.83. The van der Waals surface area contributed by atoms with Gasteiger partial charge in [0.25, 0.3) is 0 Å². The highest BCUT2D eigenvalue weighted by molar-refractivity contribution is 6.30. The normalized spacial score (nSPS) is 24.2. The summed E-state index contributed by atoms with van der Waals surface area (Å²) in [6.07, 6.45) is 5.49. The summed E-state index contributed by atoms with van der Waals surface area (Å²) in [5.74, 6) is 0.395. The number of nitrogen functional groups attached to an aromatic ring is 1. The van der Waals surface area contributed by atoms with Gasteiger partial charge in [-0.25, -0.2) is 9.97 Å². The van der Waals surface area contributed by atoms with E-state index in [1.54, 1.807) is 0 Å². The fraction of sp³-hybridized carbons (Fsp3) is 0.524. The zero-order chi connectivity index (χ0) is 19.0. The van der Waals surface area contributed by atoms with Crippen molar-refractivity contribution in [2.24, 2.45) is 5.73 Å². The number of aryl methyl sites for hydroxylation is 1. The standard InChI is InChI=1S/C21H28ClN5.2ClH/c1-14-18-12-27(10-7-19(18)26-20(24)25-14)17-5-8-21(13-23,9-6-17)15-3-2-4-16(22)11-15;;/h2-4,11,17H,5-10,12-13,23H2,1H3,(H2,24,25,26);2*1H/t17-,21-;;. The molecule has 0 spiro atoms. The van der Waals surface area contributed by atoms with Gasteiger partial charge in [0.15, 0.2) is 0 Å². The van der Waals surface area contributed by atoms with Gasteiger partial charge in [-0.15, -0.1) is 24.8 Å². The van der Waals surface area contributed by atoms with Crippen LogP contribution in [0.2, 0.25) is 5.02 Å². The Morgan fingerprint density at radius 3 is 2.59 bits per heavy atom. The number of nitrogens with two attached hydrogens (primary N) is 2. The number of nitrogens with zero attached hydrogens (tertiary/aromatic N) is 3. The molecule has 0 radical (unpaired) electrons. The first-order valence-corrected chi connectivity index (χ1v) is 10.2. The molecule has 4 rings (SSSR count). The second-order valence-corrected chi connectivity index (χ2v) is 8.48. The highest BCUT2D eigenvalue weighted by Crippen LogP contribution is 2.41. The number of fused-ring (bicyclic) bond motifs is 1. The van der Waals surface area contributed by atoms with E-state index in [4.69, 9.17) is 23.1 Å². The molecule has 160 valence electrons. The molecule has 4 N–H and O–H groups in total. The van der Waals surface area contributed by atoms with Crippen molar-refractivity contribution in [1.82, 2.24) is 14.9 Å². The van der Waals surface area contributed by atoms with Crippen LogP contribution in [0.15, 0.2) is 24.3 Å². The number of rotatable bonds is 3. The minimum Gasteiger partial charge on any atom is -0.368 e. The van der Waals surface area contributed by atoms with Crippen LogP contribution >= 0.6 is 36.4 Å². The Morgan fingerprint density at radius 1 is 1.21 bits per heavy atom.